The molecule has 0 spiro atoms. The van der Waals surface area contributed by atoms with Crippen LogP contribution < -0.4 is 0 Å². The monoisotopic (exact) mass is 218 g/mol. The Balaban J connectivity index is 2.04. The van der Waals surface area contributed by atoms with Crippen LogP contribution in [0, 0.1) is 0 Å². The Morgan fingerprint density at radius 1 is 1.25 bits per heavy atom. The van der Waals surface area contributed by atoms with Crippen LogP contribution in [0.4, 0.5) is 0 Å². The Morgan fingerprint density at radius 2 is 1.88 bits per heavy atom. The third-order valence-electron chi connectivity index (χ3n) is 3.28. The zero-order valence-corrected chi connectivity index (χ0v) is 9.22. The van der Waals surface area contributed by atoms with Crippen molar-refractivity contribution in [2.75, 3.05) is 19.6 Å². The second kappa shape index (κ2) is 4.76. The molecule has 0 aromatic heterocycles. The van der Waals surface area contributed by atoms with Crippen molar-refractivity contribution in [3.8, 4) is 0 Å². The first kappa shape index (κ1) is 11.3. The molecule has 16 heavy (non-hydrogen) atoms. The van der Waals surface area contributed by atoms with E-state index in [9.17, 15) is 9.90 Å². The standard InChI is InChI=1S/C13H16NO2/c15-11-10-14-8-6-13(16,7-9-14)12-4-2-1-3-5-12/h1-5,16H,6-10H2. The lowest BCUT2D eigenvalue weighted by Gasteiger charge is -2.37. The molecule has 1 aromatic rings. The maximum atomic E-state index is 10.5. The van der Waals surface area contributed by atoms with Crippen molar-refractivity contribution in [3.05, 3.63) is 35.9 Å². The third kappa shape index (κ3) is 2.31. The maximum absolute atomic E-state index is 10.5. The van der Waals surface area contributed by atoms with Crippen LogP contribution in [-0.2, 0) is 10.4 Å². The van der Waals surface area contributed by atoms with Gasteiger partial charge in [-0.1, -0.05) is 30.3 Å². The van der Waals surface area contributed by atoms with Crippen LogP contribution in [0.15, 0.2) is 30.3 Å². The van der Waals surface area contributed by atoms with Crippen molar-refractivity contribution in [1.82, 2.24) is 4.90 Å². The van der Waals surface area contributed by atoms with Crippen LogP contribution in [0.3, 0.4) is 0 Å². The molecular formula is C13H16NO2. The van der Waals surface area contributed by atoms with Crippen LogP contribution in [0.2, 0.25) is 0 Å². The average Bonchev–Trinajstić information content (AvgIpc) is 2.34. The molecule has 0 bridgehead atoms. The summed E-state index contributed by atoms with van der Waals surface area (Å²) in [7, 11) is 0. The lowest BCUT2D eigenvalue weighted by atomic mass is 9.84. The minimum atomic E-state index is -0.722. The first-order valence-corrected chi connectivity index (χ1v) is 5.60. The van der Waals surface area contributed by atoms with E-state index >= 15 is 0 Å². The number of hydrogen-bond acceptors (Lipinski definition) is 3. The zero-order chi connectivity index (χ0) is 11.4. The molecule has 1 saturated heterocycles. The summed E-state index contributed by atoms with van der Waals surface area (Å²) in [5.41, 5.74) is 0.255. The van der Waals surface area contributed by atoms with Crippen LogP contribution in [0.25, 0.3) is 0 Å². The van der Waals surface area contributed by atoms with Gasteiger partial charge >= 0.3 is 0 Å². The van der Waals surface area contributed by atoms with Gasteiger partial charge in [-0.2, -0.15) is 0 Å². The van der Waals surface area contributed by atoms with E-state index in [1.54, 1.807) is 0 Å². The van der Waals surface area contributed by atoms with Gasteiger partial charge in [0, 0.05) is 13.1 Å². The molecular weight excluding hydrogens is 202 g/mol. The van der Waals surface area contributed by atoms with Crippen LogP contribution in [0.1, 0.15) is 18.4 Å². The summed E-state index contributed by atoms with van der Waals surface area (Å²) in [4.78, 5) is 12.3. The Morgan fingerprint density at radius 3 is 2.44 bits per heavy atom. The van der Waals surface area contributed by atoms with E-state index in [1.165, 1.54) is 0 Å². The summed E-state index contributed by atoms with van der Waals surface area (Å²) in [6.07, 6.45) is 3.26. The summed E-state index contributed by atoms with van der Waals surface area (Å²) in [6, 6.07) is 9.75. The smallest absolute Gasteiger partial charge is 0.213 e. The molecule has 1 aromatic carbocycles. The van der Waals surface area contributed by atoms with E-state index in [0.717, 1.165) is 18.7 Å². The fourth-order valence-corrected chi connectivity index (χ4v) is 2.21. The number of aliphatic hydroxyl groups is 1. The van der Waals surface area contributed by atoms with Crippen molar-refractivity contribution < 1.29 is 9.90 Å². The molecule has 0 unspecified atom stereocenters. The van der Waals surface area contributed by atoms with Gasteiger partial charge in [-0.25, -0.2) is 0 Å². The molecule has 1 radical (unpaired) electrons. The van der Waals surface area contributed by atoms with Crippen molar-refractivity contribution >= 4 is 6.29 Å². The fourth-order valence-electron chi connectivity index (χ4n) is 2.21. The number of likely N-dealkylation sites (tertiary alicyclic amines) is 1. The summed E-state index contributed by atoms with van der Waals surface area (Å²) in [5.74, 6) is 0. The molecule has 1 heterocycles. The summed E-state index contributed by atoms with van der Waals surface area (Å²) >= 11 is 0. The highest BCUT2D eigenvalue weighted by atomic mass is 16.3. The molecule has 1 aliphatic heterocycles. The Kier molecular flexibility index (Phi) is 3.36. The Hall–Kier alpha value is -1.19. The Bertz CT molecular complexity index is 342. The second-order valence-corrected chi connectivity index (χ2v) is 4.32. The van der Waals surface area contributed by atoms with E-state index in [4.69, 9.17) is 0 Å². The minimum Gasteiger partial charge on any atom is -0.385 e. The van der Waals surface area contributed by atoms with Gasteiger partial charge in [0.15, 0.2) is 0 Å². The predicted molar refractivity (Wildman–Crippen MR) is 61.7 cm³/mol. The number of piperidine rings is 1. The lowest BCUT2D eigenvalue weighted by Crippen LogP contribution is -2.43. The molecule has 0 saturated carbocycles. The van der Waals surface area contributed by atoms with Crippen LogP contribution >= 0.6 is 0 Å². The molecule has 1 fully saturated rings. The maximum Gasteiger partial charge on any atom is 0.213 e. The van der Waals surface area contributed by atoms with Gasteiger partial charge < -0.3 is 5.11 Å². The van der Waals surface area contributed by atoms with Crippen molar-refractivity contribution in [2.24, 2.45) is 0 Å². The normalized spacial score (nSPS) is 20.6. The highest BCUT2D eigenvalue weighted by Crippen LogP contribution is 2.32. The molecule has 1 aliphatic rings. The van der Waals surface area contributed by atoms with Gasteiger partial charge in [-0.05, 0) is 18.4 Å². The number of nitrogens with zero attached hydrogens (tertiary/aromatic N) is 1. The van der Waals surface area contributed by atoms with Crippen LogP contribution in [-0.4, -0.2) is 35.9 Å². The molecule has 0 amide bonds. The highest BCUT2D eigenvalue weighted by Gasteiger charge is 2.33. The summed E-state index contributed by atoms with van der Waals surface area (Å²) in [6.45, 7) is 1.85. The van der Waals surface area contributed by atoms with E-state index in [-0.39, 0.29) is 0 Å². The zero-order valence-electron chi connectivity index (χ0n) is 9.22. The molecule has 85 valence electrons. The molecule has 0 aliphatic carbocycles. The van der Waals surface area contributed by atoms with Crippen LogP contribution in [0.5, 0.6) is 0 Å². The third-order valence-corrected chi connectivity index (χ3v) is 3.28. The first-order valence-electron chi connectivity index (χ1n) is 5.60. The quantitative estimate of drug-likeness (QED) is 0.825. The van der Waals surface area contributed by atoms with Gasteiger partial charge in [-0.15, -0.1) is 0 Å². The van der Waals surface area contributed by atoms with Gasteiger partial charge in [0.2, 0.25) is 6.29 Å². The van der Waals surface area contributed by atoms with E-state index in [1.807, 2.05) is 41.5 Å². The number of rotatable bonds is 3. The largest absolute Gasteiger partial charge is 0.385 e. The number of hydrogen-bond donors (Lipinski definition) is 1. The van der Waals surface area contributed by atoms with Crippen molar-refractivity contribution in [1.29, 1.82) is 0 Å². The average molecular weight is 218 g/mol. The van der Waals surface area contributed by atoms with Gasteiger partial charge in [0.05, 0.1) is 12.1 Å². The van der Waals surface area contributed by atoms with Gasteiger partial charge in [-0.3, -0.25) is 9.69 Å². The lowest BCUT2D eigenvalue weighted by molar-refractivity contribution is -0.0226. The van der Waals surface area contributed by atoms with E-state index in [0.29, 0.717) is 19.4 Å². The van der Waals surface area contributed by atoms with Gasteiger partial charge in [0.1, 0.15) is 0 Å². The SMILES string of the molecule is O=[C]CN1CCC(O)(c2ccccc2)CC1. The second-order valence-electron chi connectivity index (χ2n) is 4.32. The fraction of sp³-hybridized carbons (Fsp3) is 0.462. The molecule has 2 rings (SSSR count). The molecule has 1 N–H and O–H groups in total. The van der Waals surface area contributed by atoms with E-state index < -0.39 is 5.60 Å². The topological polar surface area (TPSA) is 40.5 Å². The molecule has 0 atom stereocenters. The highest BCUT2D eigenvalue weighted by molar-refractivity contribution is 5.53. The minimum absolute atomic E-state index is 0.352. The first-order chi connectivity index (χ1) is 7.74. The van der Waals surface area contributed by atoms with Crippen molar-refractivity contribution in [3.63, 3.8) is 0 Å². The van der Waals surface area contributed by atoms with E-state index in [2.05, 4.69) is 0 Å². The number of benzene rings is 1. The predicted octanol–water partition coefficient (Wildman–Crippen LogP) is 1.08. The molecule has 3 nitrogen and oxygen atoms in total. The summed E-state index contributed by atoms with van der Waals surface area (Å²) in [5, 5.41) is 10.5. The van der Waals surface area contributed by atoms with Gasteiger partial charge in [0.25, 0.3) is 0 Å². The molecule has 3 heteroatoms. The number of carbonyl (C=O) groups excluding carboxylic acids is 1. The Labute approximate surface area is 95.7 Å². The summed E-state index contributed by atoms with van der Waals surface area (Å²) < 4.78 is 0. The van der Waals surface area contributed by atoms with Crippen molar-refractivity contribution in [2.45, 2.75) is 18.4 Å².